The normalized spacial score (nSPS) is 15.0. The van der Waals surface area contributed by atoms with Gasteiger partial charge in [0.25, 0.3) is 0 Å². The first-order valence-corrected chi connectivity index (χ1v) is 3.93. The van der Waals surface area contributed by atoms with Gasteiger partial charge in [0.05, 0.1) is 6.61 Å². The topological polar surface area (TPSA) is 40.5 Å². The molecule has 0 atom stereocenters. The van der Waals surface area contributed by atoms with Gasteiger partial charge in [0.15, 0.2) is 9.76 Å². The Hall–Kier alpha value is -0.123. The van der Waals surface area contributed by atoms with Gasteiger partial charge in [-0.05, 0) is 13.8 Å². The highest BCUT2D eigenvalue weighted by Crippen LogP contribution is 1.97. The molecule has 2 N–H and O–H groups in total. The number of aliphatic hydroxyl groups excluding tert-OH is 1. The zero-order valence-corrected chi connectivity index (χ0v) is 6.72. The van der Waals surface area contributed by atoms with Crippen molar-refractivity contribution in [2.45, 2.75) is 13.8 Å². The van der Waals surface area contributed by atoms with E-state index in [1.165, 1.54) is 0 Å². The molecule has 0 aromatic heterocycles. The third kappa shape index (κ3) is 2.25. The molecule has 2 nitrogen and oxygen atoms in total. The van der Waals surface area contributed by atoms with Crippen LogP contribution in [0.3, 0.4) is 0 Å². The van der Waals surface area contributed by atoms with Crippen molar-refractivity contribution >= 4 is 9.76 Å². The summed E-state index contributed by atoms with van der Waals surface area (Å²) in [5.74, 6) is 0. The van der Waals surface area contributed by atoms with Crippen LogP contribution in [0, 0.1) is 0 Å². The van der Waals surface area contributed by atoms with E-state index in [4.69, 9.17) is 9.90 Å². The Bertz CT molecular complexity index is 86.6. The van der Waals surface area contributed by atoms with Gasteiger partial charge in [-0.1, -0.05) is 10.8 Å². The average Bonchev–Trinajstić information content (AvgIpc) is 1.84. The molecule has 0 aliphatic carbocycles. The van der Waals surface area contributed by atoms with Gasteiger partial charge in [0, 0.05) is 0 Å². The Morgan fingerprint density at radius 1 is 1.50 bits per heavy atom. The molecule has 0 heterocycles. The Morgan fingerprint density at radius 2 is 2.00 bits per heavy atom. The fourth-order valence-corrected chi connectivity index (χ4v) is 0.652. The van der Waals surface area contributed by atoms with Crippen molar-refractivity contribution < 1.29 is 9.90 Å². The maximum Gasteiger partial charge on any atom is 0.183 e. The van der Waals surface area contributed by atoms with E-state index in [-0.39, 0.29) is 6.61 Å². The van der Waals surface area contributed by atoms with Crippen molar-refractivity contribution in [1.29, 1.82) is 0 Å². The highest BCUT2D eigenvalue weighted by Gasteiger charge is 1.91. The Balaban J connectivity index is 3.83. The van der Waals surface area contributed by atoms with Gasteiger partial charge < -0.3 is 9.90 Å². The van der Waals surface area contributed by atoms with Gasteiger partial charge in [0.1, 0.15) is 0 Å². The molecule has 0 rings (SSSR count). The van der Waals surface area contributed by atoms with Gasteiger partial charge in [-0.3, -0.25) is 0 Å². The molecule has 8 heavy (non-hydrogen) atoms. The summed E-state index contributed by atoms with van der Waals surface area (Å²) in [6, 6.07) is 0. The standard InChI is InChI=1S/C5H12O2Si/c1-4(3-6)5(2)8-7/h6-7H,3,8H2,1-2H3. The summed E-state index contributed by atoms with van der Waals surface area (Å²) in [6.07, 6.45) is 0. The van der Waals surface area contributed by atoms with E-state index in [1.54, 1.807) is 0 Å². The minimum atomic E-state index is -1.00. The van der Waals surface area contributed by atoms with E-state index in [0.717, 1.165) is 10.8 Å². The monoisotopic (exact) mass is 132 g/mol. The molecule has 0 fully saturated rings. The molecule has 0 saturated heterocycles. The number of allylic oxidation sites excluding steroid dienone is 1. The third-order valence-corrected chi connectivity index (χ3v) is 2.28. The van der Waals surface area contributed by atoms with E-state index in [0.29, 0.717) is 0 Å². The SMILES string of the molecule is CC(CO)=C(C)[SiH2]O. The summed E-state index contributed by atoms with van der Waals surface area (Å²) in [4.78, 5) is 8.61. The summed E-state index contributed by atoms with van der Waals surface area (Å²) < 4.78 is 0. The molecule has 0 aliphatic rings. The second-order valence-electron chi connectivity index (χ2n) is 1.88. The summed E-state index contributed by atoms with van der Waals surface area (Å²) in [6.45, 7) is 3.77. The maximum atomic E-state index is 8.61. The fraction of sp³-hybridized carbons (Fsp3) is 0.600. The molecule has 0 spiro atoms. The number of hydrogen-bond donors (Lipinski definition) is 2. The smallest absolute Gasteiger partial charge is 0.183 e. The zero-order valence-electron chi connectivity index (χ0n) is 5.31. The quantitative estimate of drug-likeness (QED) is 0.490. The highest BCUT2D eigenvalue weighted by atomic mass is 28.2. The van der Waals surface area contributed by atoms with Crippen LogP contribution in [0.25, 0.3) is 0 Å². The average molecular weight is 132 g/mol. The first-order chi connectivity index (χ1) is 3.72. The number of hydrogen-bond acceptors (Lipinski definition) is 2. The van der Waals surface area contributed by atoms with Crippen LogP contribution >= 0.6 is 0 Å². The summed E-state index contributed by atoms with van der Waals surface area (Å²) >= 11 is 0. The van der Waals surface area contributed by atoms with Crippen LogP contribution in [-0.2, 0) is 0 Å². The molecule has 0 aromatic carbocycles. The molecule has 0 saturated carbocycles. The van der Waals surface area contributed by atoms with Crippen LogP contribution in [0.15, 0.2) is 10.8 Å². The van der Waals surface area contributed by atoms with Crippen LogP contribution in [-0.4, -0.2) is 26.3 Å². The molecule has 0 bridgehead atoms. The second-order valence-corrected chi connectivity index (χ2v) is 3.25. The molecule has 0 aliphatic heterocycles. The van der Waals surface area contributed by atoms with Crippen LogP contribution in [0.2, 0.25) is 0 Å². The first-order valence-electron chi connectivity index (χ1n) is 2.59. The Labute approximate surface area is 51.8 Å². The molecule has 0 radical (unpaired) electrons. The van der Waals surface area contributed by atoms with Gasteiger partial charge in [-0.25, -0.2) is 0 Å². The van der Waals surface area contributed by atoms with Crippen molar-refractivity contribution in [2.24, 2.45) is 0 Å². The second kappa shape index (κ2) is 3.83. The predicted octanol–water partition coefficient (Wildman–Crippen LogP) is -0.651. The molecule has 0 aromatic rings. The van der Waals surface area contributed by atoms with Crippen molar-refractivity contribution in [3.8, 4) is 0 Å². The number of aliphatic hydroxyl groups is 1. The van der Waals surface area contributed by atoms with Crippen LogP contribution in [0.1, 0.15) is 13.8 Å². The van der Waals surface area contributed by atoms with E-state index in [2.05, 4.69) is 0 Å². The molecule has 0 amide bonds. The van der Waals surface area contributed by atoms with Crippen molar-refractivity contribution in [3.63, 3.8) is 0 Å². The molecule has 3 heteroatoms. The van der Waals surface area contributed by atoms with Gasteiger partial charge >= 0.3 is 0 Å². The Morgan fingerprint density at radius 3 is 2.12 bits per heavy atom. The fourth-order valence-electron chi connectivity index (χ4n) is 0.270. The summed E-state index contributed by atoms with van der Waals surface area (Å²) in [5.41, 5.74) is 0.916. The van der Waals surface area contributed by atoms with E-state index in [1.807, 2.05) is 13.8 Å². The van der Waals surface area contributed by atoms with Crippen molar-refractivity contribution in [1.82, 2.24) is 0 Å². The zero-order chi connectivity index (χ0) is 6.57. The van der Waals surface area contributed by atoms with Crippen LogP contribution < -0.4 is 0 Å². The minimum absolute atomic E-state index is 0.0827. The molecule has 48 valence electrons. The largest absolute Gasteiger partial charge is 0.434 e. The van der Waals surface area contributed by atoms with E-state index in [9.17, 15) is 0 Å². The predicted molar refractivity (Wildman–Crippen MR) is 36.2 cm³/mol. The van der Waals surface area contributed by atoms with Gasteiger partial charge in [0.2, 0.25) is 0 Å². The van der Waals surface area contributed by atoms with Gasteiger partial charge in [-0.2, -0.15) is 0 Å². The summed E-state index contributed by atoms with van der Waals surface area (Å²) in [5, 5.41) is 9.48. The molecular weight excluding hydrogens is 120 g/mol. The number of rotatable bonds is 2. The van der Waals surface area contributed by atoms with E-state index < -0.39 is 9.76 Å². The lowest BCUT2D eigenvalue weighted by atomic mass is 10.3. The summed E-state index contributed by atoms with van der Waals surface area (Å²) in [7, 11) is -1.00. The first kappa shape index (κ1) is 7.88. The van der Waals surface area contributed by atoms with E-state index >= 15 is 0 Å². The molecule has 0 unspecified atom stereocenters. The Kier molecular flexibility index (Phi) is 3.77. The van der Waals surface area contributed by atoms with Crippen LogP contribution in [0.4, 0.5) is 0 Å². The molecular formula is C5H12O2Si. The lowest BCUT2D eigenvalue weighted by Crippen LogP contribution is -1.96. The van der Waals surface area contributed by atoms with Crippen LogP contribution in [0.5, 0.6) is 0 Å². The van der Waals surface area contributed by atoms with Gasteiger partial charge in [-0.15, -0.1) is 0 Å². The minimum Gasteiger partial charge on any atom is -0.434 e. The van der Waals surface area contributed by atoms with Crippen molar-refractivity contribution in [3.05, 3.63) is 10.8 Å². The lowest BCUT2D eigenvalue weighted by molar-refractivity contribution is 0.330. The van der Waals surface area contributed by atoms with Crippen molar-refractivity contribution in [2.75, 3.05) is 6.61 Å². The highest BCUT2D eigenvalue weighted by molar-refractivity contribution is 6.36. The maximum absolute atomic E-state index is 8.61. The third-order valence-electron chi connectivity index (χ3n) is 1.20. The lowest BCUT2D eigenvalue weighted by Gasteiger charge is -1.97.